The lowest BCUT2D eigenvalue weighted by Gasteiger charge is -2.27. The molecule has 2 aromatic carbocycles. The monoisotopic (exact) mass is 347 g/mol. The van der Waals surface area contributed by atoms with Gasteiger partial charge in [-0.3, -0.25) is 4.99 Å². The number of nitrogens with two attached hydrogens (primary N) is 1. The zero-order chi connectivity index (χ0) is 15.0. The number of guanidine groups is 1. The molecule has 0 amide bonds. The number of anilines is 1. The van der Waals surface area contributed by atoms with Crippen molar-refractivity contribution in [3.8, 4) is 0 Å². The summed E-state index contributed by atoms with van der Waals surface area (Å²) in [4.78, 5) is 6.29. The maximum absolute atomic E-state index is 13.1. The van der Waals surface area contributed by atoms with Crippen molar-refractivity contribution in [1.29, 1.82) is 0 Å². The van der Waals surface area contributed by atoms with Crippen molar-refractivity contribution in [2.24, 2.45) is 10.7 Å². The molecular formula is C16H15BrFN3. The Balaban J connectivity index is 1.98. The van der Waals surface area contributed by atoms with Crippen LogP contribution in [0.2, 0.25) is 0 Å². The minimum Gasteiger partial charge on any atom is -0.369 e. The van der Waals surface area contributed by atoms with Crippen LogP contribution in [0.1, 0.15) is 17.2 Å². The van der Waals surface area contributed by atoms with Crippen LogP contribution >= 0.6 is 15.9 Å². The SMILES string of the molecule is Cc1cc(C2CN=C(N)N2c2ccc(F)cc2)ccc1Br. The van der Waals surface area contributed by atoms with Gasteiger partial charge in [-0.25, -0.2) is 4.39 Å². The third kappa shape index (κ3) is 2.65. The van der Waals surface area contributed by atoms with Crippen LogP contribution in [0.4, 0.5) is 10.1 Å². The summed E-state index contributed by atoms with van der Waals surface area (Å²) in [6.45, 7) is 2.65. The quantitative estimate of drug-likeness (QED) is 0.898. The van der Waals surface area contributed by atoms with Crippen LogP contribution in [0.3, 0.4) is 0 Å². The van der Waals surface area contributed by atoms with E-state index in [-0.39, 0.29) is 11.9 Å². The molecule has 0 aromatic heterocycles. The Morgan fingerprint density at radius 3 is 2.62 bits per heavy atom. The van der Waals surface area contributed by atoms with Gasteiger partial charge < -0.3 is 10.6 Å². The zero-order valence-electron chi connectivity index (χ0n) is 11.6. The second-order valence-electron chi connectivity index (χ2n) is 5.07. The predicted molar refractivity (Wildman–Crippen MR) is 87.0 cm³/mol. The lowest BCUT2D eigenvalue weighted by molar-refractivity contribution is 0.627. The van der Waals surface area contributed by atoms with Gasteiger partial charge in [0.15, 0.2) is 5.96 Å². The molecule has 0 bridgehead atoms. The highest BCUT2D eigenvalue weighted by Gasteiger charge is 2.29. The Labute approximate surface area is 131 Å². The van der Waals surface area contributed by atoms with Gasteiger partial charge in [-0.05, 0) is 48.4 Å². The molecule has 0 aliphatic carbocycles. The van der Waals surface area contributed by atoms with E-state index < -0.39 is 0 Å². The second kappa shape index (κ2) is 5.48. The van der Waals surface area contributed by atoms with Crippen LogP contribution in [0, 0.1) is 12.7 Å². The molecule has 5 heteroatoms. The number of rotatable bonds is 2. The smallest absolute Gasteiger partial charge is 0.196 e. The minimum absolute atomic E-state index is 0.0438. The van der Waals surface area contributed by atoms with Crippen LogP contribution in [0.25, 0.3) is 0 Å². The van der Waals surface area contributed by atoms with Crippen LogP contribution in [-0.2, 0) is 0 Å². The summed E-state index contributed by atoms with van der Waals surface area (Å²) in [5.74, 6) is 0.205. The van der Waals surface area contributed by atoms with Crippen molar-refractivity contribution in [3.63, 3.8) is 0 Å². The van der Waals surface area contributed by atoms with Crippen molar-refractivity contribution in [2.45, 2.75) is 13.0 Å². The highest BCUT2D eigenvalue weighted by molar-refractivity contribution is 9.10. The molecule has 0 saturated carbocycles. The summed E-state index contributed by atoms with van der Waals surface area (Å²) in [5, 5.41) is 0. The highest BCUT2D eigenvalue weighted by atomic mass is 79.9. The molecule has 1 aliphatic rings. The molecule has 0 radical (unpaired) electrons. The van der Waals surface area contributed by atoms with E-state index in [1.54, 1.807) is 12.1 Å². The number of hydrogen-bond donors (Lipinski definition) is 1. The van der Waals surface area contributed by atoms with Gasteiger partial charge in [0.25, 0.3) is 0 Å². The molecule has 1 atom stereocenters. The van der Waals surface area contributed by atoms with Gasteiger partial charge in [0, 0.05) is 10.2 Å². The topological polar surface area (TPSA) is 41.6 Å². The first kappa shape index (κ1) is 14.1. The molecular weight excluding hydrogens is 333 g/mol. The van der Waals surface area contributed by atoms with E-state index in [0.29, 0.717) is 12.5 Å². The molecule has 1 aliphatic heterocycles. The summed E-state index contributed by atoms with van der Waals surface area (Å²) in [6.07, 6.45) is 0. The molecule has 2 aromatic rings. The van der Waals surface area contributed by atoms with E-state index in [0.717, 1.165) is 21.3 Å². The zero-order valence-corrected chi connectivity index (χ0v) is 13.1. The normalized spacial score (nSPS) is 18.0. The third-order valence-corrected chi connectivity index (χ3v) is 4.55. The highest BCUT2D eigenvalue weighted by Crippen LogP contribution is 2.32. The molecule has 3 nitrogen and oxygen atoms in total. The van der Waals surface area contributed by atoms with Gasteiger partial charge in [-0.2, -0.15) is 0 Å². The van der Waals surface area contributed by atoms with Gasteiger partial charge in [-0.1, -0.05) is 28.1 Å². The minimum atomic E-state index is -0.260. The second-order valence-corrected chi connectivity index (χ2v) is 5.92. The van der Waals surface area contributed by atoms with Crippen molar-refractivity contribution in [3.05, 3.63) is 63.9 Å². The van der Waals surface area contributed by atoms with E-state index >= 15 is 0 Å². The Hall–Kier alpha value is -1.88. The fourth-order valence-corrected chi connectivity index (χ4v) is 2.79. The molecule has 1 heterocycles. The van der Waals surface area contributed by atoms with E-state index in [1.165, 1.54) is 12.1 Å². The van der Waals surface area contributed by atoms with Crippen molar-refractivity contribution in [1.82, 2.24) is 0 Å². The first-order valence-corrected chi connectivity index (χ1v) is 7.46. The molecule has 0 fully saturated rings. The average molecular weight is 348 g/mol. The molecule has 0 saturated heterocycles. The molecule has 0 spiro atoms. The summed E-state index contributed by atoms with van der Waals surface area (Å²) in [7, 11) is 0. The van der Waals surface area contributed by atoms with Crippen LogP contribution in [0.5, 0.6) is 0 Å². The molecule has 21 heavy (non-hydrogen) atoms. The first-order chi connectivity index (χ1) is 10.1. The fourth-order valence-electron chi connectivity index (χ4n) is 2.54. The number of aliphatic imine (C=N–C) groups is 1. The number of hydrogen-bond acceptors (Lipinski definition) is 3. The van der Waals surface area contributed by atoms with Gasteiger partial charge in [0.2, 0.25) is 0 Å². The van der Waals surface area contributed by atoms with Crippen LogP contribution in [-0.4, -0.2) is 12.5 Å². The standard InChI is InChI=1S/C16H15BrFN3/c1-10-8-11(2-7-14(10)17)15-9-20-16(19)21(15)13-5-3-12(18)4-6-13/h2-8,15H,9H2,1H3,(H2,19,20). The lowest BCUT2D eigenvalue weighted by Crippen LogP contribution is -2.36. The van der Waals surface area contributed by atoms with E-state index in [9.17, 15) is 4.39 Å². The predicted octanol–water partition coefficient (Wildman–Crippen LogP) is 3.77. The summed E-state index contributed by atoms with van der Waals surface area (Å²) in [6, 6.07) is 12.6. The Morgan fingerprint density at radius 1 is 1.24 bits per heavy atom. The molecule has 1 unspecified atom stereocenters. The van der Waals surface area contributed by atoms with E-state index in [2.05, 4.69) is 40.0 Å². The van der Waals surface area contributed by atoms with Crippen LogP contribution in [0.15, 0.2) is 51.9 Å². The van der Waals surface area contributed by atoms with E-state index in [4.69, 9.17) is 5.73 Å². The lowest BCUT2D eigenvalue weighted by atomic mass is 10.0. The van der Waals surface area contributed by atoms with Gasteiger partial charge in [0.1, 0.15) is 5.82 Å². The van der Waals surface area contributed by atoms with Gasteiger partial charge in [0.05, 0.1) is 12.6 Å². The first-order valence-electron chi connectivity index (χ1n) is 6.67. The number of aryl methyl sites for hydroxylation is 1. The van der Waals surface area contributed by atoms with E-state index in [1.807, 2.05) is 11.0 Å². The largest absolute Gasteiger partial charge is 0.369 e. The number of benzene rings is 2. The fraction of sp³-hybridized carbons (Fsp3) is 0.188. The van der Waals surface area contributed by atoms with Gasteiger partial charge in [-0.15, -0.1) is 0 Å². The summed E-state index contributed by atoms with van der Waals surface area (Å²) in [5.41, 5.74) is 9.17. The summed E-state index contributed by atoms with van der Waals surface area (Å²) < 4.78 is 14.2. The number of nitrogens with zero attached hydrogens (tertiary/aromatic N) is 2. The van der Waals surface area contributed by atoms with Crippen molar-refractivity contribution < 1.29 is 4.39 Å². The van der Waals surface area contributed by atoms with Gasteiger partial charge >= 0.3 is 0 Å². The van der Waals surface area contributed by atoms with Crippen molar-refractivity contribution in [2.75, 3.05) is 11.4 Å². The summed E-state index contributed by atoms with van der Waals surface area (Å²) >= 11 is 3.51. The maximum Gasteiger partial charge on any atom is 0.196 e. The Bertz CT molecular complexity index is 697. The average Bonchev–Trinajstić information content (AvgIpc) is 2.85. The Morgan fingerprint density at radius 2 is 1.95 bits per heavy atom. The van der Waals surface area contributed by atoms with Crippen molar-refractivity contribution >= 4 is 27.6 Å². The van der Waals surface area contributed by atoms with Crippen LogP contribution < -0.4 is 10.6 Å². The number of halogens is 2. The maximum atomic E-state index is 13.1. The molecule has 2 N–H and O–H groups in total. The Kier molecular flexibility index (Phi) is 3.68. The molecule has 108 valence electrons. The molecule has 3 rings (SSSR count). The third-order valence-electron chi connectivity index (χ3n) is 3.66.